The monoisotopic (exact) mass is 490 g/mol. The van der Waals surface area contributed by atoms with E-state index in [0.717, 1.165) is 12.1 Å². The molecule has 0 aliphatic carbocycles. The molecular weight excluding hydrogens is 473 g/mol. The van der Waals surface area contributed by atoms with Crippen LogP contribution in [-0.4, -0.2) is 20.3 Å². The molecule has 0 saturated heterocycles. The number of amides is 1. The van der Waals surface area contributed by atoms with Crippen molar-refractivity contribution in [1.29, 1.82) is 0 Å². The van der Waals surface area contributed by atoms with Crippen LogP contribution in [0.3, 0.4) is 0 Å². The molecule has 0 bridgehead atoms. The highest BCUT2D eigenvalue weighted by molar-refractivity contribution is 7.92. The number of carbonyl (C=O) groups is 2. The average molecular weight is 490 g/mol. The van der Waals surface area contributed by atoms with Gasteiger partial charge in [-0.15, -0.1) is 0 Å². The molecule has 0 spiro atoms. The number of anilines is 2. The summed E-state index contributed by atoms with van der Waals surface area (Å²) >= 11 is 0. The minimum Gasteiger partial charge on any atom is -0.453 e. The van der Waals surface area contributed by atoms with Crippen LogP contribution >= 0.6 is 0 Å². The maximum absolute atomic E-state index is 12.9. The summed E-state index contributed by atoms with van der Waals surface area (Å²) in [6.45, 7) is 0. The number of carbonyl (C=O) groups excluding carboxylic acids is 2. The molecule has 0 aromatic heterocycles. The number of nitrogens with one attached hydrogen (secondary N) is 2. The largest absolute Gasteiger partial charge is 0.453 e. The Morgan fingerprint density at radius 2 is 1.65 bits per heavy atom. The van der Waals surface area contributed by atoms with E-state index in [1.807, 2.05) is 0 Å². The molecular formula is C23H17F3N2O5S. The molecule has 1 amide bonds. The minimum absolute atomic E-state index is 0.125. The number of halogens is 3. The lowest BCUT2D eigenvalue weighted by Gasteiger charge is -2.13. The normalized spacial score (nSPS) is 15.4. The van der Waals surface area contributed by atoms with E-state index in [9.17, 15) is 31.2 Å². The standard InChI is InChI=1S/C23H17F3N2O5S/c24-23(25,26)14-4-3-5-16(12-14)28-34(31,32)17-10-8-15(9-11-17)27-21(29)13-20-18-6-1-2-7-19(18)22(30)33-20/h1-12,20,28H,13H2,(H,27,29). The molecule has 34 heavy (non-hydrogen) atoms. The lowest BCUT2D eigenvalue weighted by molar-refractivity contribution is -0.137. The Balaban J connectivity index is 1.41. The highest BCUT2D eigenvalue weighted by atomic mass is 32.2. The highest BCUT2D eigenvalue weighted by Gasteiger charge is 2.32. The summed E-state index contributed by atoms with van der Waals surface area (Å²) in [7, 11) is -4.17. The average Bonchev–Trinajstić information content (AvgIpc) is 3.09. The first-order valence-electron chi connectivity index (χ1n) is 9.93. The third kappa shape index (κ3) is 5.04. The molecule has 0 saturated carbocycles. The fraction of sp³-hybridized carbons (Fsp3) is 0.130. The predicted octanol–water partition coefficient (Wildman–Crippen LogP) is 4.75. The zero-order valence-electron chi connectivity index (χ0n) is 17.3. The van der Waals surface area contributed by atoms with Crippen LogP contribution in [0.5, 0.6) is 0 Å². The van der Waals surface area contributed by atoms with Gasteiger partial charge in [0.1, 0.15) is 6.10 Å². The lowest BCUT2D eigenvalue weighted by atomic mass is 10.0. The van der Waals surface area contributed by atoms with Crippen LogP contribution in [0.2, 0.25) is 0 Å². The second-order valence-corrected chi connectivity index (χ2v) is 9.12. The lowest BCUT2D eigenvalue weighted by Crippen LogP contribution is -2.16. The van der Waals surface area contributed by atoms with Crippen molar-refractivity contribution in [3.63, 3.8) is 0 Å². The Kier molecular flexibility index (Phi) is 6.05. The predicted molar refractivity (Wildman–Crippen MR) is 117 cm³/mol. The third-order valence-corrected chi connectivity index (χ3v) is 6.44. The quantitative estimate of drug-likeness (QED) is 0.486. The Labute approximate surface area is 192 Å². The molecule has 3 aromatic rings. The Morgan fingerprint density at radius 1 is 0.941 bits per heavy atom. The van der Waals surface area contributed by atoms with Gasteiger partial charge in [-0.1, -0.05) is 24.3 Å². The van der Waals surface area contributed by atoms with Crippen LogP contribution in [0.25, 0.3) is 0 Å². The number of hydrogen-bond acceptors (Lipinski definition) is 5. The maximum atomic E-state index is 12.9. The van der Waals surface area contributed by atoms with E-state index < -0.39 is 39.7 Å². The van der Waals surface area contributed by atoms with E-state index in [0.29, 0.717) is 22.9 Å². The van der Waals surface area contributed by atoms with Gasteiger partial charge in [-0.25, -0.2) is 13.2 Å². The summed E-state index contributed by atoms with van der Waals surface area (Å²) in [6, 6.07) is 15.7. The molecule has 0 radical (unpaired) electrons. The van der Waals surface area contributed by atoms with E-state index in [-0.39, 0.29) is 17.0 Å². The molecule has 1 atom stereocenters. The number of rotatable bonds is 6. The van der Waals surface area contributed by atoms with Gasteiger partial charge in [0.15, 0.2) is 0 Å². The summed E-state index contributed by atoms with van der Waals surface area (Å²) in [6.07, 6.45) is -5.46. The number of fused-ring (bicyclic) bond motifs is 1. The van der Waals surface area contributed by atoms with E-state index in [2.05, 4.69) is 10.0 Å². The molecule has 1 unspecified atom stereocenters. The topological polar surface area (TPSA) is 102 Å². The zero-order chi connectivity index (χ0) is 24.5. The molecule has 11 heteroatoms. The van der Waals surface area contributed by atoms with Crippen LogP contribution in [0, 0.1) is 0 Å². The van der Waals surface area contributed by atoms with E-state index in [1.165, 1.54) is 30.3 Å². The van der Waals surface area contributed by atoms with Gasteiger partial charge < -0.3 is 10.1 Å². The van der Waals surface area contributed by atoms with Crippen molar-refractivity contribution in [3.05, 3.63) is 89.5 Å². The molecule has 4 rings (SSSR count). The van der Waals surface area contributed by atoms with Crippen molar-refractivity contribution in [2.24, 2.45) is 0 Å². The summed E-state index contributed by atoms with van der Waals surface area (Å²) < 4.78 is 71.0. The Morgan fingerprint density at radius 3 is 2.35 bits per heavy atom. The van der Waals surface area contributed by atoms with Crippen molar-refractivity contribution < 1.29 is 35.9 Å². The summed E-state index contributed by atoms with van der Waals surface area (Å²) in [5, 5.41) is 2.60. The summed E-state index contributed by atoms with van der Waals surface area (Å²) in [5.41, 5.74) is 0.0911. The minimum atomic E-state index is -4.61. The fourth-order valence-electron chi connectivity index (χ4n) is 3.44. The van der Waals surface area contributed by atoms with Crippen molar-refractivity contribution >= 4 is 33.3 Å². The van der Waals surface area contributed by atoms with E-state index in [1.54, 1.807) is 24.3 Å². The Hall–Kier alpha value is -3.86. The van der Waals surface area contributed by atoms with Gasteiger partial charge in [0.25, 0.3) is 10.0 Å². The number of ether oxygens (including phenoxy) is 1. The van der Waals surface area contributed by atoms with Gasteiger partial charge in [0.2, 0.25) is 5.91 Å². The fourth-order valence-corrected chi connectivity index (χ4v) is 4.49. The van der Waals surface area contributed by atoms with E-state index >= 15 is 0 Å². The SMILES string of the molecule is O=C(CC1OC(=O)c2ccccc21)Nc1ccc(S(=O)(=O)Nc2cccc(C(F)(F)F)c2)cc1. The van der Waals surface area contributed by atoms with Crippen molar-refractivity contribution in [2.75, 3.05) is 10.0 Å². The number of alkyl halides is 3. The number of hydrogen-bond donors (Lipinski definition) is 2. The highest BCUT2D eigenvalue weighted by Crippen LogP contribution is 2.33. The molecule has 1 aliphatic rings. The van der Waals surface area contributed by atoms with Gasteiger partial charge in [0, 0.05) is 16.9 Å². The maximum Gasteiger partial charge on any atom is 0.416 e. The second kappa shape index (κ2) is 8.82. The Bertz CT molecular complexity index is 1360. The molecule has 3 aromatic carbocycles. The van der Waals surface area contributed by atoms with Gasteiger partial charge in [-0.3, -0.25) is 9.52 Å². The smallest absolute Gasteiger partial charge is 0.416 e. The van der Waals surface area contributed by atoms with Gasteiger partial charge >= 0.3 is 12.1 Å². The van der Waals surface area contributed by atoms with Crippen molar-refractivity contribution in [3.8, 4) is 0 Å². The van der Waals surface area contributed by atoms with Crippen LogP contribution < -0.4 is 10.0 Å². The molecule has 7 nitrogen and oxygen atoms in total. The molecule has 1 heterocycles. The first kappa shape index (κ1) is 23.3. The number of sulfonamides is 1. The summed E-state index contributed by atoms with van der Waals surface area (Å²) in [5.74, 6) is -0.955. The molecule has 0 fully saturated rings. The number of benzene rings is 3. The summed E-state index contributed by atoms with van der Waals surface area (Å²) in [4.78, 5) is 24.1. The van der Waals surface area contributed by atoms with Gasteiger partial charge in [0.05, 0.1) is 22.4 Å². The first-order chi connectivity index (χ1) is 16.0. The van der Waals surface area contributed by atoms with Gasteiger partial charge in [-0.2, -0.15) is 13.2 Å². The van der Waals surface area contributed by atoms with Crippen LogP contribution in [0.1, 0.15) is 34.0 Å². The van der Waals surface area contributed by atoms with Crippen LogP contribution in [0.4, 0.5) is 24.5 Å². The van der Waals surface area contributed by atoms with Crippen LogP contribution in [0.15, 0.2) is 77.7 Å². The zero-order valence-corrected chi connectivity index (χ0v) is 18.1. The molecule has 1 aliphatic heterocycles. The number of cyclic esters (lactones) is 1. The van der Waals surface area contributed by atoms with Crippen molar-refractivity contribution in [2.45, 2.75) is 23.6 Å². The third-order valence-electron chi connectivity index (χ3n) is 5.04. The van der Waals surface area contributed by atoms with Crippen LogP contribution in [-0.2, 0) is 25.7 Å². The van der Waals surface area contributed by atoms with E-state index in [4.69, 9.17) is 4.74 Å². The molecule has 2 N–H and O–H groups in total. The number of esters is 1. The van der Waals surface area contributed by atoms with Crippen molar-refractivity contribution in [1.82, 2.24) is 0 Å². The van der Waals surface area contributed by atoms with Gasteiger partial charge in [-0.05, 0) is 48.5 Å². The second-order valence-electron chi connectivity index (χ2n) is 7.44. The first-order valence-corrected chi connectivity index (χ1v) is 11.4. The molecule has 176 valence electrons.